The van der Waals surface area contributed by atoms with Gasteiger partial charge in [-0.15, -0.1) is 0 Å². The Labute approximate surface area is 119 Å². The van der Waals surface area contributed by atoms with Crippen LogP contribution in [-0.4, -0.2) is 19.7 Å². The van der Waals surface area contributed by atoms with Crippen LogP contribution in [0.25, 0.3) is 0 Å². The molecule has 1 aliphatic heterocycles. The first-order chi connectivity index (χ1) is 10.0. The first-order valence-corrected chi connectivity index (χ1v) is 6.67. The molecular weight excluding hydrogens is 283 g/mol. The third-order valence-corrected chi connectivity index (χ3v) is 3.50. The van der Waals surface area contributed by atoms with Gasteiger partial charge in [0.05, 0.1) is 17.3 Å². The van der Waals surface area contributed by atoms with Gasteiger partial charge in [0.2, 0.25) is 0 Å². The SMILES string of the molecule is FC(F)(F)c1ccc(CNC2CCCn3ncnc32)nc1. The van der Waals surface area contributed by atoms with Crippen molar-refractivity contribution in [3.63, 3.8) is 0 Å². The van der Waals surface area contributed by atoms with Crippen LogP contribution in [0.4, 0.5) is 13.2 Å². The van der Waals surface area contributed by atoms with E-state index in [1.54, 1.807) is 0 Å². The molecule has 0 fully saturated rings. The van der Waals surface area contributed by atoms with Gasteiger partial charge in [0.1, 0.15) is 12.2 Å². The minimum atomic E-state index is -4.35. The molecule has 0 amide bonds. The number of nitrogens with zero attached hydrogens (tertiary/aromatic N) is 4. The van der Waals surface area contributed by atoms with Gasteiger partial charge in [-0.05, 0) is 25.0 Å². The monoisotopic (exact) mass is 297 g/mol. The van der Waals surface area contributed by atoms with Crippen LogP contribution in [0.15, 0.2) is 24.7 Å². The first kappa shape index (κ1) is 14.0. The highest BCUT2D eigenvalue weighted by Crippen LogP contribution is 2.28. The second-order valence-electron chi connectivity index (χ2n) is 4.95. The molecule has 0 aromatic carbocycles. The van der Waals surface area contributed by atoms with Crippen LogP contribution < -0.4 is 5.32 Å². The van der Waals surface area contributed by atoms with Gasteiger partial charge >= 0.3 is 6.18 Å². The molecule has 3 rings (SSSR count). The van der Waals surface area contributed by atoms with E-state index in [-0.39, 0.29) is 6.04 Å². The highest BCUT2D eigenvalue weighted by atomic mass is 19.4. The van der Waals surface area contributed by atoms with Crippen LogP contribution in [0.1, 0.15) is 36.0 Å². The molecule has 5 nitrogen and oxygen atoms in total. The highest BCUT2D eigenvalue weighted by Gasteiger charge is 2.30. The standard InChI is InChI=1S/C13H14F3N5/c14-13(15,16)9-3-4-10(17-6-9)7-18-11-2-1-5-21-12(11)19-8-20-21/h3-4,6,8,11,18H,1-2,5,7H2. The predicted molar refractivity (Wildman–Crippen MR) is 68.1 cm³/mol. The minimum Gasteiger partial charge on any atom is -0.302 e. The number of halogens is 3. The van der Waals surface area contributed by atoms with Crippen molar-refractivity contribution in [2.24, 2.45) is 0 Å². The van der Waals surface area contributed by atoms with Gasteiger partial charge in [0, 0.05) is 19.3 Å². The zero-order valence-corrected chi connectivity index (χ0v) is 11.1. The summed E-state index contributed by atoms with van der Waals surface area (Å²) < 4.78 is 39.2. The molecule has 3 heterocycles. The van der Waals surface area contributed by atoms with Gasteiger partial charge in [-0.3, -0.25) is 4.98 Å². The summed E-state index contributed by atoms with van der Waals surface area (Å²) in [6.45, 7) is 1.25. The lowest BCUT2D eigenvalue weighted by Crippen LogP contribution is -2.28. The van der Waals surface area contributed by atoms with Crippen molar-refractivity contribution in [1.82, 2.24) is 25.1 Å². The van der Waals surface area contributed by atoms with E-state index in [4.69, 9.17) is 0 Å². The third-order valence-electron chi connectivity index (χ3n) is 3.50. The minimum absolute atomic E-state index is 0.0605. The number of pyridine rings is 1. The Hall–Kier alpha value is -1.96. The van der Waals surface area contributed by atoms with Crippen molar-refractivity contribution < 1.29 is 13.2 Å². The Morgan fingerprint density at radius 3 is 2.86 bits per heavy atom. The number of nitrogens with one attached hydrogen (secondary N) is 1. The summed E-state index contributed by atoms with van der Waals surface area (Å²) in [5.74, 6) is 0.869. The quantitative estimate of drug-likeness (QED) is 0.944. The van der Waals surface area contributed by atoms with Crippen molar-refractivity contribution >= 4 is 0 Å². The molecule has 0 saturated heterocycles. The molecule has 0 aliphatic carbocycles. The van der Waals surface area contributed by atoms with Gasteiger partial charge < -0.3 is 5.32 Å². The van der Waals surface area contributed by atoms with Crippen molar-refractivity contribution in [1.29, 1.82) is 0 Å². The Balaban J connectivity index is 1.64. The van der Waals surface area contributed by atoms with Crippen molar-refractivity contribution in [3.05, 3.63) is 41.7 Å². The van der Waals surface area contributed by atoms with E-state index in [1.165, 1.54) is 12.4 Å². The molecule has 112 valence electrons. The van der Waals surface area contributed by atoms with E-state index in [1.807, 2.05) is 4.68 Å². The van der Waals surface area contributed by atoms with Crippen LogP contribution in [0.2, 0.25) is 0 Å². The van der Waals surface area contributed by atoms with Gasteiger partial charge in [0.25, 0.3) is 0 Å². The molecule has 2 aromatic rings. The molecule has 0 radical (unpaired) electrons. The summed E-state index contributed by atoms with van der Waals surface area (Å²) in [5.41, 5.74) is -0.164. The summed E-state index contributed by atoms with van der Waals surface area (Å²) in [6.07, 6.45) is -0.0430. The van der Waals surface area contributed by atoms with Crippen molar-refractivity contribution in [2.45, 2.75) is 38.1 Å². The Kier molecular flexibility index (Phi) is 3.62. The van der Waals surface area contributed by atoms with Gasteiger partial charge in [-0.1, -0.05) is 0 Å². The lowest BCUT2D eigenvalue weighted by atomic mass is 10.1. The van der Waals surface area contributed by atoms with E-state index in [0.29, 0.717) is 12.2 Å². The summed E-state index contributed by atoms with van der Waals surface area (Å²) >= 11 is 0. The number of aryl methyl sites for hydroxylation is 1. The molecule has 1 unspecified atom stereocenters. The maximum Gasteiger partial charge on any atom is 0.417 e. The Bertz CT molecular complexity index is 605. The molecule has 1 N–H and O–H groups in total. The Morgan fingerprint density at radius 1 is 1.29 bits per heavy atom. The smallest absolute Gasteiger partial charge is 0.302 e. The molecule has 0 saturated carbocycles. The van der Waals surface area contributed by atoms with Gasteiger partial charge in [-0.25, -0.2) is 9.67 Å². The third kappa shape index (κ3) is 3.05. The largest absolute Gasteiger partial charge is 0.417 e. The zero-order chi connectivity index (χ0) is 14.9. The van der Waals surface area contributed by atoms with E-state index in [2.05, 4.69) is 20.4 Å². The van der Waals surface area contributed by atoms with Gasteiger partial charge in [-0.2, -0.15) is 18.3 Å². The normalized spacial score (nSPS) is 18.5. The van der Waals surface area contributed by atoms with E-state index in [0.717, 1.165) is 37.5 Å². The van der Waals surface area contributed by atoms with Gasteiger partial charge in [0.15, 0.2) is 0 Å². The summed E-state index contributed by atoms with van der Waals surface area (Å²) in [6, 6.07) is 2.50. The molecule has 2 aromatic heterocycles. The average molecular weight is 297 g/mol. The fourth-order valence-corrected chi connectivity index (χ4v) is 2.41. The van der Waals surface area contributed by atoms with Crippen molar-refractivity contribution in [2.75, 3.05) is 0 Å². The summed E-state index contributed by atoms with van der Waals surface area (Å²) in [5, 5.41) is 7.40. The molecule has 1 atom stereocenters. The summed E-state index contributed by atoms with van der Waals surface area (Å²) in [4.78, 5) is 8.06. The number of hydrogen-bond acceptors (Lipinski definition) is 4. The van der Waals surface area contributed by atoms with Crippen LogP contribution >= 0.6 is 0 Å². The number of alkyl halides is 3. The summed E-state index contributed by atoms with van der Waals surface area (Å²) in [7, 11) is 0. The molecule has 0 bridgehead atoms. The predicted octanol–water partition coefficient (Wildman–Crippen LogP) is 2.32. The molecule has 8 heteroatoms. The van der Waals surface area contributed by atoms with Crippen LogP contribution in [-0.2, 0) is 19.3 Å². The van der Waals surface area contributed by atoms with Crippen LogP contribution in [0.5, 0.6) is 0 Å². The number of rotatable bonds is 3. The fraction of sp³-hybridized carbons (Fsp3) is 0.462. The lowest BCUT2D eigenvalue weighted by Gasteiger charge is -2.23. The topological polar surface area (TPSA) is 55.6 Å². The Morgan fingerprint density at radius 2 is 2.14 bits per heavy atom. The van der Waals surface area contributed by atoms with Crippen LogP contribution in [0.3, 0.4) is 0 Å². The molecule has 1 aliphatic rings. The maximum atomic E-state index is 12.5. The first-order valence-electron chi connectivity index (χ1n) is 6.67. The van der Waals surface area contributed by atoms with E-state index >= 15 is 0 Å². The maximum absolute atomic E-state index is 12.5. The zero-order valence-electron chi connectivity index (χ0n) is 11.1. The number of hydrogen-bond donors (Lipinski definition) is 1. The molecule has 21 heavy (non-hydrogen) atoms. The average Bonchev–Trinajstić information content (AvgIpc) is 2.93. The lowest BCUT2D eigenvalue weighted by molar-refractivity contribution is -0.137. The van der Waals surface area contributed by atoms with Crippen molar-refractivity contribution in [3.8, 4) is 0 Å². The second-order valence-corrected chi connectivity index (χ2v) is 4.95. The molecule has 0 spiro atoms. The fourth-order valence-electron chi connectivity index (χ4n) is 2.41. The number of aromatic nitrogens is 4. The van der Waals surface area contributed by atoms with E-state index in [9.17, 15) is 13.2 Å². The van der Waals surface area contributed by atoms with E-state index < -0.39 is 11.7 Å². The second kappa shape index (κ2) is 5.44. The van der Waals surface area contributed by atoms with Crippen LogP contribution in [0, 0.1) is 0 Å². The molecular formula is C13H14F3N5. The highest BCUT2D eigenvalue weighted by molar-refractivity contribution is 5.17. The number of fused-ring (bicyclic) bond motifs is 1.